The summed E-state index contributed by atoms with van der Waals surface area (Å²) in [5.41, 5.74) is 1.38. The summed E-state index contributed by atoms with van der Waals surface area (Å²) in [5, 5.41) is 7.65. The maximum absolute atomic E-state index is 4.77. The van der Waals surface area contributed by atoms with Crippen LogP contribution in [-0.4, -0.2) is 39.0 Å². The van der Waals surface area contributed by atoms with E-state index in [-0.39, 0.29) is 5.54 Å². The molecule has 2 atom stereocenters. The number of hydrogen-bond donors (Lipinski definition) is 1. The van der Waals surface area contributed by atoms with Crippen LogP contribution in [0.3, 0.4) is 0 Å². The molecule has 1 saturated heterocycles. The lowest BCUT2D eigenvalue weighted by Crippen LogP contribution is -2.44. The van der Waals surface area contributed by atoms with Crippen molar-refractivity contribution in [2.24, 2.45) is 0 Å². The van der Waals surface area contributed by atoms with Gasteiger partial charge in [0.15, 0.2) is 0 Å². The first-order chi connectivity index (χ1) is 9.35. The molecule has 3 nitrogen and oxygen atoms in total. The number of nitrogens with zero attached hydrogens (tertiary/aromatic N) is 2. The van der Waals surface area contributed by atoms with Gasteiger partial charge in [-0.3, -0.25) is 4.90 Å². The Bertz CT molecular complexity index is 425. The minimum absolute atomic E-state index is 0.153. The standard InChI is InChI=1S/C15H27N3S2/c1-11-12(2)19-7-6-18(11)9-13-10-20-14(17-13)8-16-15(3,4)5/h10-12,16H,6-9H2,1-5H3. The number of hydrogen-bond acceptors (Lipinski definition) is 5. The lowest BCUT2D eigenvalue weighted by Gasteiger charge is -2.37. The zero-order chi connectivity index (χ0) is 14.8. The number of rotatable bonds is 4. The summed E-state index contributed by atoms with van der Waals surface area (Å²) in [6.45, 7) is 14.3. The molecule has 0 amide bonds. The van der Waals surface area contributed by atoms with Gasteiger partial charge in [-0.2, -0.15) is 11.8 Å². The molecule has 2 heterocycles. The van der Waals surface area contributed by atoms with Crippen molar-refractivity contribution in [1.29, 1.82) is 0 Å². The molecule has 1 aromatic heterocycles. The van der Waals surface area contributed by atoms with Crippen molar-refractivity contribution in [1.82, 2.24) is 15.2 Å². The predicted molar refractivity (Wildman–Crippen MR) is 90.5 cm³/mol. The van der Waals surface area contributed by atoms with E-state index in [1.807, 2.05) is 0 Å². The van der Waals surface area contributed by atoms with Crippen molar-refractivity contribution in [2.45, 2.75) is 64.5 Å². The van der Waals surface area contributed by atoms with E-state index in [2.05, 4.69) is 62.0 Å². The zero-order valence-corrected chi connectivity index (χ0v) is 14.9. The summed E-state index contributed by atoms with van der Waals surface area (Å²) >= 11 is 3.86. The number of nitrogens with one attached hydrogen (secondary N) is 1. The topological polar surface area (TPSA) is 28.2 Å². The monoisotopic (exact) mass is 313 g/mol. The summed E-state index contributed by atoms with van der Waals surface area (Å²) in [4.78, 5) is 7.34. The van der Waals surface area contributed by atoms with Crippen molar-refractivity contribution in [3.8, 4) is 0 Å². The third-order valence-electron chi connectivity index (χ3n) is 3.75. The van der Waals surface area contributed by atoms with Gasteiger partial charge < -0.3 is 5.32 Å². The van der Waals surface area contributed by atoms with E-state index >= 15 is 0 Å². The van der Waals surface area contributed by atoms with Gasteiger partial charge in [-0.25, -0.2) is 4.98 Å². The van der Waals surface area contributed by atoms with Crippen LogP contribution in [-0.2, 0) is 13.1 Å². The Labute approximate surface area is 131 Å². The van der Waals surface area contributed by atoms with E-state index in [0.717, 1.165) is 18.3 Å². The molecular weight excluding hydrogens is 286 g/mol. The largest absolute Gasteiger partial charge is 0.306 e. The summed E-state index contributed by atoms with van der Waals surface area (Å²) < 4.78 is 0. The second kappa shape index (κ2) is 6.77. The first kappa shape index (κ1) is 16.3. The molecule has 5 heteroatoms. The van der Waals surface area contributed by atoms with E-state index in [1.165, 1.54) is 23.0 Å². The van der Waals surface area contributed by atoms with Crippen LogP contribution in [0.4, 0.5) is 0 Å². The minimum atomic E-state index is 0.153. The van der Waals surface area contributed by atoms with Crippen LogP contribution in [0.25, 0.3) is 0 Å². The molecule has 1 aromatic rings. The molecule has 2 rings (SSSR count). The first-order valence-electron chi connectivity index (χ1n) is 7.39. The van der Waals surface area contributed by atoms with Gasteiger partial charge in [0, 0.05) is 47.6 Å². The third-order valence-corrected chi connectivity index (χ3v) is 5.98. The van der Waals surface area contributed by atoms with Gasteiger partial charge in [-0.1, -0.05) is 6.92 Å². The predicted octanol–water partition coefficient (Wildman–Crippen LogP) is 3.36. The van der Waals surface area contributed by atoms with Crippen LogP contribution in [0.15, 0.2) is 5.38 Å². The van der Waals surface area contributed by atoms with Gasteiger partial charge >= 0.3 is 0 Å². The highest BCUT2D eigenvalue weighted by Crippen LogP contribution is 2.25. The fourth-order valence-electron chi connectivity index (χ4n) is 2.27. The molecule has 0 radical (unpaired) electrons. The van der Waals surface area contributed by atoms with Crippen molar-refractivity contribution >= 4 is 23.1 Å². The van der Waals surface area contributed by atoms with Crippen LogP contribution in [0.5, 0.6) is 0 Å². The highest BCUT2D eigenvalue weighted by atomic mass is 32.2. The van der Waals surface area contributed by atoms with E-state index in [0.29, 0.717) is 6.04 Å². The second-order valence-electron chi connectivity index (χ2n) is 6.62. The molecule has 0 saturated carbocycles. The van der Waals surface area contributed by atoms with Gasteiger partial charge in [0.05, 0.1) is 5.69 Å². The van der Waals surface area contributed by atoms with E-state index in [9.17, 15) is 0 Å². The van der Waals surface area contributed by atoms with Crippen molar-refractivity contribution in [3.05, 3.63) is 16.1 Å². The van der Waals surface area contributed by atoms with Crippen LogP contribution >= 0.6 is 23.1 Å². The lowest BCUT2D eigenvalue weighted by molar-refractivity contribution is 0.202. The average Bonchev–Trinajstić information content (AvgIpc) is 2.80. The van der Waals surface area contributed by atoms with Crippen LogP contribution in [0.1, 0.15) is 45.3 Å². The fraction of sp³-hybridized carbons (Fsp3) is 0.800. The van der Waals surface area contributed by atoms with Gasteiger partial charge in [0.1, 0.15) is 5.01 Å². The zero-order valence-electron chi connectivity index (χ0n) is 13.3. The Hall–Kier alpha value is -0.100. The minimum Gasteiger partial charge on any atom is -0.306 e. The molecule has 1 aliphatic rings. The molecule has 1 aliphatic heterocycles. The van der Waals surface area contributed by atoms with Crippen LogP contribution < -0.4 is 5.32 Å². The summed E-state index contributed by atoms with van der Waals surface area (Å²) in [5.74, 6) is 1.24. The molecule has 0 bridgehead atoms. The van der Waals surface area contributed by atoms with E-state index in [4.69, 9.17) is 4.98 Å². The Kier molecular flexibility index (Phi) is 5.51. The molecular formula is C15H27N3S2. The second-order valence-corrected chi connectivity index (χ2v) is 9.05. The summed E-state index contributed by atoms with van der Waals surface area (Å²) in [6.07, 6.45) is 0. The SMILES string of the molecule is CC1SCCN(Cc2csc(CNC(C)(C)C)n2)C1C. The molecule has 1 N–H and O–H groups in total. The maximum atomic E-state index is 4.77. The fourth-order valence-corrected chi connectivity index (χ4v) is 4.16. The van der Waals surface area contributed by atoms with Crippen molar-refractivity contribution in [2.75, 3.05) is 12.3 Å². The molecule has 2 unspecified atom stereocenters. The first-order valence-corrected chi connectivity index (χ1v) is 9.32. The van der Waals surface area contributed by atoms with E-state index in [1.54, 1.807) is 11.3 Å². The van der Waals surface area contributed by atoms with E-state index < -0.39 is 0 Å². The number of thiazole rings is 1. The molecule has 1 fully saturated rings. The highest BCUT2D eigenvalue weighted by Gasteiger charge is 2.25. The Morgan fingerprint density at radius 3 is 2.85 bits per heavy atom. The average molecular weight is 314 g/mol. The van der Waals surface area contributed by atoms with Crippen LogP contribution in [0.2, 0.25) is 0 Å². The van der Waals surface area contributed by atoms with Crippen molar-refractivity contribution < 1.29 is 0 Å². The summed E-state index contributed by atoms with van der Waals surface area (Å²) in [6, 6.07) is 0.645. The van der Waals surface area contributed by atoms with Crippen molar-refractivity contribution in [3.63, 3.8) is 0 Å². The normalized spacial score (nSPS) is 25.1. The number of aromatic nitrogens is 1. The van der Waals surface area contributed by atoms with Gasteiger partial charge in [-0.15, -0.1) is 11.3 Å². The molecule has 114 valence electrons. The Balaban J connectivity index is 1.89. The van der Waals surface area contributed by atoms with Gasteiger partial charge in [0.2, 0.25) is 0 Å². The quantitative estimate of drug-likeness (QED) is 0.922. The number of thioether (sulfide) groups is 1. The van der Waals surface area contributed by atoms with Crippen LogP contribution in [0, 0.1) is 0 Å². The Morgan fingerprint density at radius 1 is 1.40 bits per heavy atom. The smallest absolute Gasteiger partial charge is 0.107 e. The van der Waals surface area contributed by atoms with Gasteiger partial charge in [-0.05, 0) is 27.7 Å². The molecule has 0 aliphatic carbocycles. The lowest BCUT2D eigenvalue weighted by atomic mass is 10.1. The Morgan fingerprint density at radius 2 is 2.15 bits per heavy atom. The molecule has 0 spiro atoms. The highest BCUT2D eigenvalue weighted by molar-refractivity contribution is 8.00. The summed E-state index contributed by atoms with van der Waals surface area (Å²) in [7, 11) is 0. The maximum Gasteiger partial charge on any atom is 0.107 e. The third kappa shape index (κ3) is 4.72. The molecule has 20 heavy (non-hydrogen) atoms. The molecule has 0 aromatic carbocycles. The van der Waals surface area contributed by atoms with Gasteiger partial charge in [0.25, 0.3) is 0 Å².